The third-order valence-corrected chi connectivity index (χ3v) is 7.96. The van der Waals surface area contributed by atoms with Crippen molar-refractivity contribution < 1.29 is 30.4 Å². The third-order valence-electron chi connectivity index (χ3n) is 6.22. The SMILES string of the molecule is CCS(=O)(=O)c1cc(-c2cncc(C3CC3)c2)cnc1-c1nc2cc(C(F)(F)C(F)(F)F)nnc2n1C. The molecule has 0 bridgehead atoms. The normalized spacial score (nSPS) is 14.9. The third kappa shape index (κ3) is 4.32. The lowest BCUT2D eigenvalue weighted by Gasteiger charge is -2.17. The highest BCUT2D eigenvalue weighted by atomic mass is 32.2. The zero-order chi connectivity index (χ0) is 26.8. The van der Waals surface area contributed by atoms with Crippen molar-refractivity contribution in [2.45, 2.75) is 42.7 Å². The van der Waals surface area contributed by atoms with Gasteiger partial charge < -0.3 is 4.57 Å². The Morgan fingerprint density at radius 3 is 2.35 bits per heavy atom. The van der Waals surface area contributed by atoms with Crippen molar-refractivity contribution in [3.8, 4) is 22.6 Å². The Morgan fingerprint density at radius 1 is 1.00 bits per heavy atom. The molecule has 0 unspecified atom stereocenters. The molecule has 1 saturated carbocycles. The number of imidazole rings is 1. The van der Waals surface area contributed by atoms with Crippen LogP contribution in [0.5, 0.6) is 0 Å². The number of sulfone groups is 1. The van der Waals surface area contributed by atoms with Crippen molar-refractivity contribution in [3.05, 3.63) is 48.0 Å². The Balaban J connectivity index is 1.66. The van der Waals surface area contributed by atoms with Crippen molar-refractivity contribution in [2.75, 3.05) is 5.75 Å². The minimum Gasteiger partial charge on any atom is -0.309 e. The van der Waals surface area contributed by atoms with Crippen LogP contribution < -0.4 is 0 Å². The molecule has 0 saturated heterocycles. The van der Waals surface area contributed by atoms with E-state index in [9.17, 15) is 30.4 Å². The molecule has 4 aromatic rings. The first kappa shape index (κ1) is 25.1. The second kappa shape index (κ2) is 8.50. The van der Waals surface area contributed by atoms with Gasteiger partial charge in [-0.2, -0.15) is 22.0 Å². The number of aromatic nitrogens is 6. The maximum absolute atomic E-state index is 13.8. The molecule has 0 aliphatic heterocycles. The van der Waals surface area contributed by atoms with Crippen LogP contribution in [0.4, 0.5) is 22.0 Å². The van der Waals surface area contributed by atoms with Crippen molar-refractivity contribution in [1.29, 1.82) is 0 Å². The van der Waals surface area contributed by atoms with E-state index in [1.54, 1.807) is 12.4 Å². The maximum atomic E-state index is 13.8. The molecule has 14 heteroatoms. The number of hydrogen-bond acceptors (Lipinski definition) is 7. The lowest BCUT2D eigenvalue weighted by Crippen LogP contribution is -2.34. The summed E-state index contributed by atoms with van der Waals surface area (Å²) in [5.41, 5.74) is 0.0536. The van der Waals surface area contributed by atoms with Crippen molar-refractivity contribution in [2.24, 2.45) is 7.05 Å². The van der Waals surface area contributed by atoms with E-state index >= 15 is 0 Å². The van der Waals surface area contributed by atoms with E-state index < -0.39 is 27.6 Å². The van der Waals surface area contributed by atoms with E-state index in [2.05, 4.69) is 25.1 Å². The van der Waals surface area contributed by atoms with Crippen LogP contribution in [0.2, 0.25) is 0 Å². The summed E-state index contributed by atoms with van der Waals surface area (Å²) in [5, 5.41) is 6.56. The van der Waals surface area contributed by atoms with E-state index in [0.29, 0.717) is 23.1 Å². The average molecular weight is 539 g/mol. The molecular weight excluding hydrogens is 519 g/mol. The first-order chi connectivity index (χ1) is 17.3. The molecule has 1 aliphatic carbocycles. The van der Waals surface area contributed by atoms with E-state index in [-0.39, 0.29) is 33.3 Å². The monoisotopic (exact) mass is 538 g/mol. The molecule has 0 N–H and O–H groups in total. The summed E-state index contributed by atoms with van der Waals surface area (Å²) in [6, 6.07) is 3.84. The van der Waals surface area contributed by atoms with Crippen LogP contribution in [0.25, 0.3) is 33.8 Å². The molecule has 194 valence electrons. The lowest BCUT2D eigenvalue weighted by atomic mass is 10.1. The highest BCUT2D eigenvalue weighted by Crippen LogP contribution is 2.44. The molecule has 0 amide bonds. The lowest BCUT2D eigenvalue weighted by molar-refractivity contribution is -0.291. The Bertz CT molecular complexity index is 1630. The molecule has 5 rings (SSSR count). The van der Waals surface area contributed by atoms with E-state index in [0.717, 1.165) is 18.4 Å². The topological polar surface area (TPSA) is 104 Å². The molecule has 1 aliphatic rings. The largest absolute Gasteiger partial charge is 0.459 e. The molecule has 4 aromatic heterocycles. The van der Waals surface area contributed by atoms with Crippen molar-refractivity contribution in [1.82, 2.24) is 29.7 Å². The predicted molar refractivity (Wildman–Crippen MR) is 122 cm³/mol. The van der Waals surface area contributed by atoms with Crippen molar-refractivity contribution in [3.63, 3.8) is 0 Å². The van der Waals surface area contributed by atoms with Gasteiger partial charge in [-0.05, 0) is 42.5 Å². The van der Waals surface area contributed by atoms with Gasteiger partial charge in [0.25, 0.3) is 0 Å². The number of aryl methyl sites for hydroxylation is 1. The van der Waals surface area contributed by atoms with Gasteiger partial charge in [-0.1, -0.05) is 6.92 Å². The summed E-state index contributed by atoms with van der Waals surface area (Å²) in [4.78, 5) is 12.5. The van der Waals surface area contributed by atoms with Crippen LogP contribution in [-0.2, 0) is 22.8 Å². The summed E-state index contributed by atoms with van der Waals surface area (Å²) >= 11 is 0. The standard InChI is InChI=1S/C23H19F5N6O2S/c1-3-37(35,36)17-7-15(14-6-13(9-29-10-14)12-4-5-12)11-30-19(17)21-31-16-8-18(22(24,25)23(26,27)28)32-33-20(16)34(21)2/h6-12H,3-5H2,1-2H3. The molecule has 4 heterocycles. The van der Waals surface area contributed by atoms with Crippen LogP contribution >= 0.6 is 0 Å². The van der Waals surface area contributed by atoms with Gasteiger partial charge in [0.1, 0.15) is 16.9 Å². The Labute approximate surface area is 207 Å². The second-order valence-electron chi connectivity index (χ2n) is 8.76. The predicted octanol–water partition coefficient (Wildman–Crippen LogP) is 4.81. The zero-order valence-corrected chi connectivity index (χ0v) is 20.3. The summed E-state index contributed by atoms with van der Waals surface area (Å²) in [6.07, 6.45) is 1.04. The number of halogens is 5. The highest BCUT2D eigenvalue weighted by Gasteiger charge is 2.60. The number of rotatable bonds is 6. The molecule has 1 fully saturated rings. The van der Waals surface area contributed by atoms with Gasteiger partial charge in [0.05, 0.1) is 10.6 Å². The summed E-state index contributed by atoms with van der Waals surface area (Å²) in [6.45, 7) is 1.45. The molecular formula is C23H19F5N6O2S. The van der Waals surface area contributed by atoms with Gasteiger partial charge >= 0.3 is 12.1 Å². The first-order valence-corrected chi connectivity index (χ1v) is 12.8. The number of nitrogens with zero attached hydrogens (tertiary/aromatic N) is 6. The number of alkyl halides is 5. The number of hydrogen-bond donors (Lipinski definition) is 0. The van der Waals surface area contributed by atoms with E-state index in [1.165, 1.54) is 30.8 Å². The fraction of sp³-hybridized carbons (Fsp3) is 0.348. The van der Waals surface area contributed by atoms with Crippen molar-refractivity contribution >= 4 is 21.0 Å². The van der Waals surface area contributed by atoms with Gasteiger partial charge in [0.2, 0.25) is 0 Å². The van der Waals surface area contributed by atoms with Gasteiger partial charge in [0.15, 0.2) is 21.3 Å². The molecule has 0 aromatic carbocycles. The minimum atomic E-state index is -5.88. The molecule has 0 spiro atoms. The average Bonchev–Trinajstić information content (AvgIpc) is 3.67. The first-order valence-electron chi connectivity index (χ1n) is 11.2. The van der Waals surface area contributed by atoms with Crippen LogP contribution in [-0.4, -0.2) is 50.1 Å². The number of fused-ring (bicyclic) bond motifs is 1. The minimum absolute atomic E-state index is 0.0831. The van der Waals surface area contributed by atoms with E-state index in [4.69, 9.17) is 0 Å². The smallest absolute Gasteiger partial charge is 0.309 e. The van der Waals surface area contributed by atoms with E-state index in [1.807, 2.05) is 6.07 Å². The summed E-state index contributed by atoms with van der Waals surface area (Å²) in [5.74, 6) is -5.17. The maximum Gasteiger partial charge on any atom is 0.459 e. The summed E-state index contributed by atoms with van der Waals surface area (Å²) in [7, 11) is -2.46. The zero-order valence-electron chi connectivity index (χ0n) is 19.5. The Hall–Kier alpha value is -3.55. The van der Waals surface area contributed by atoms with Gasteiger partial charge in [-0.15, -0.1) is 10.2 Å². The quantitative estimate of drug-likeness (QED) is 0.325. The molecule has 0 radical (unpaired) electrons. The van der Waals surface area contributed by atoms with Gasteiger partial charge in [-0.3, -0.25) is 9.97 Å². The van der Waals surface area contributed by atoms with Crippen LogP contribution in [0.1, 0.15) is 36.9 Å². The second-order valence-corrected chi connectivity index (χ2v) is 11.0. The van der Waals surface area contributed by atoms with Crippen LogP contribution in [0.15, 0.2) is 41.7 Å². The van der Waals surface area contributed by atoms with Crippen LogP contribution in [0.3, 0.4) is 0 Å². The van der Waals surface area contributed by atoms with Gasteiger partial charge in [0, 0.05) is 36.8 Å². The number of pyridine rings is 2. The Morgan fingerprint density at radius 2 is 1.70 bits per heavy atom. The molecule has 0 atom stereocenters. The summed E-state index contributed by atoms with van der Waals surface area (Å²) < 4.78 is 93.4. The Kier molecular flexibility index (Phi) is 5.77. The fourth-order valence-electron chi connectivity index (χ4n) is 3.91. The molecule has 37 heavy (non-hydrogen) atoms. The van der Waals surface area contributed by atoms with Crippen LogP contribution in [0, 0.1) is 0 Å². The van der Waals surface area contributed by atoms with Gasteiger partial charge in [-0.25, -0.2) is 13.4 Å². The highest BCUT2D eigenvalue weighted by molar-refractivity contribution is 7.91. The fourth-order valence-corrected chi connectivity index (χ4v) is 4.97. The molecule has 8 nitrogen and oxygen atoms in total.